The number of hydrogen-bond acceptors (Lipinski definition) is 6. The molecule has 0 aliphatic carbocycles. The van der Waals surface area contributed by atoms with Crippen molar-refractivity contribution >= 4 is 29.4 Å². The molecule has 0 unspecified atom stereocenters. The van der Waals surface area contributed by atoms with E-state index >= 15 is 0 Å². The second-order valence-corrected chi connectivity index (χ2v) is 10.2. The Morgan fingerprint density at radius 1 is 0.833 bits per heavy atom. The maximum atomic E-state index is 12.8. The zero-order chi connectivity index (χ0) is 24.9. The van der Waals surface area contributed by atoms with Crippen molar-refractivity contribution in [3.05, 3.63) is 71.8 Å². The van der Waals surface area contributed by atoms with E-state index < -0.39 is 0 Å². The molecule has 0 N–H and O–H groups in total. The summed E-state index contributed by atoms with van der Waals surface area (Å²) in [5.74, 6) is 1.79. The van der Waals surface area contributed by atoms with Crippen LogP contribution in [0, 0.1) is 0 Å². The van der Waals surface area contributed by atoms with E-state index in [0.29, 0.717) is 24.0 Å². The Morgan fingerprint density at radius 2 is 1.58 bits per heavy atom. The van der Waals surface area contributed by atoms with Gasteiger partial charge in [-0.05, 0) is 30.5 Å². The molecule has 0 spiro atoms. The number of aromatic nitrogens is 2. The molecular weight excluding hydrogens is 470 g/mol. The van der Waals surface area contributed by atoms with E-state index in [-0.39, 0.29) is 11.8 Å². The normalized spacial score (nSPS) is 15.9. The van der Waals surface area contributed by atoms with Gasteiger partial charge in [-0.2, -0.15) is 0 Å². The molecule has 8 heteroatoms. The Kier molecular flexibility index (Phi) is 7.51. The van der Waals surface area contributed by atoms with Crippen LogP contribution in [0.5, 0.6) is 0 Å². The molecule has 2 fully saturated rings. The first-order valence-electron chi connectivity index (χ1n) is 12.5. The van der Waals surface area contributed by atoms with Gasteiger partial charge in [-0.1, -0.05) is 54.2 Å². The minimum atomic E-state index is 0.115. The molecule has 2 aromatic carbocycles. The van der Waals surface area contributed by atoms with Crippen LogP contribution in [-0.2, 0) is 10.5 Å². The summed E-state index contributed by atoms with van der Waals surface area (Å²) in [6.07, 6.45) is 2.17. The number of likely N-dealkylation sites (tertiary alicyclic amines) is 1. The number of carbonyl (C=O) groups is 2. The highest BCUT2D eigenvalue weighted by Gasteiger charge is 2.22. The summed E-state index contributed by atoms with van der Waals surface area (Å²) < 4.78 is 0. The van der Waals surface area contributed by atoms with E-state index in [1.807, 2.05) is 52.3 Å². The summed E-state index contributed by atoms with van der Waals surface area (Å²) in [5.41, 5.74) is 3.76. The third kappa shape index (κ3) is 5.70. The van der Waals surface area contributed by atoms with Gasteiger partial charge in [-0.25, -0.2) is 9.97 Å². The maximum Gasteiger partial charge on any atom is 0.253 e. The summed E-state index contributed by atoms with van der Waals surface area (Å²) in [6, 6.07) is 20.1. The predicted octanol–water partition coefficient (Wildman–Crippen LogP) is 4.34. The molecule has 2 saturated heterocycles. The number of nitrogens with zero attached hydrogens (tertiary/aromatic N) is 5. The van der Waals surface area contributed by atoms with Gasteiger partial charge >= 0.3 is 0 Å². The van der Waals surface area contributed by atoms with Gasteiger partial charge < -0.3 is 14.7 Å². The Balaban J connectivity index is 1.35. The van der Waals surface area contributed by atoms with Crippen molar-refractivity contribution in [2.75, 3.05) is 44.2 Å². The molecule has 0 saturated carbocycles. The topological polar surface area (TPSA) is 69.6 Å². The zero-order valence-corrected chi connectivity index (χ0v) is 21.4. The van der Waals surface area contributed by atoms with E-state index in [9.17, 15) is 9.59 Å². The van der Waals surface area contributed by atoms with E-state index in [1.54, 1.807) is 18.7 Å². The molecule has 0 atom stereocenters. The molecule has 1 aromatic heterocycles. The van der Waals surface area contributed by atoms with Crippen LogP contribution in [0.2, 0.25) is 0 Å². The average Bonchev–Trinajstić information content (AvgIpc) is 3.47. The van der Waals surface area contributed by atoms with Crippen molar-refractivity contribution in [3.8, 4) is 11.3 Å². The third-order valence-corrected chi connectivity index (χ3v) is 7.66. The molecule has 7 nitrogen and oxygen atoms in total. The number of thioether (sulfide) groups is 1. The first-order chi connectivity index (χ1) is 17.6. The minimum Gasteiger partial charge on any atom is -0.353 e. The lowest BCUT2D eigenvalue weighted by atomic mass is 10.1. The first-order valence-corrected chi connectivity index (χ1v) is 13.5. The molecule has 3 aromatic rings. The molecular formula is C28H31N5O2S. The molecule has 36 heavy (non-hydrogen) atoms. The van der Waals surface area contributed by atoms with Gasteiger partial charge in [0, 0.05) is 69.1 Å². The Hall–Kier alpha value is -3.39. The maximum absolute atomic E-state index is 12.8. The van der Waals surface area contributed by atoms with Gasteiger partial charge in [-0.3, -0.25) is 9.59 Å². The van der Waals surface area contributed by atoms with Crippen LogP contribution in [0.1, 0.15) is 35.7 Å². The van der Waals surface area contributed by atoms with E-state index in [0.717, 1.165) is 67.2 Å². The summed E-state index contributed by atoms with van der Waals surface area (Å²) in [7, 11) is 0. The minimum absolute atomic E-state index is 0.115. The molecule has 2 aliphatic rings. The van der Waals surface area contributed by atoms with Gasteiger partial charge in [-0.15, -0.1) is 0 Å². The van der Waals surface area contributed by atoms with Crippen LogP contribution in [0.25, 0.3) is 11.3 Å². The van der Waals surface area contributed by atoms with Gasteiger partial charge in [0.1, 0.15) is 5.82 Å². The largest absolute Gasteiger partial charge is 0.353 e. The van der Waals surface area contributed by atoms with E-state index in [2.05, 4.69) is 23.1 Å². The Morgan fingerprint density at radius 3 is 2.31 bits per heavy atom. The molecule has 186 valence electrons. The molecule has 2 aliphatic heterocycles. The second-order valence-electron chi connectivity index (χ2n) is 9.24. The van der Waals surface area contributed by atoms with Crippen LogP contribution >= 0.6 is 11.8 Å². The summed E-state index contributed by atoms with van der Waals surface area (Å²) in [5, 5.41) is 0.705. The fraction of sp³-hybridized carbons (Fsp3) is 0.357. The van der Waals surface area contributed by atoms with Gasteiger partial charge in [0.25, 0.3) is 5.91 Å². The van der Waals surface area contributed by atoms with Crippen LogP contribution in [0.3, 0.4) is 0 Å². The lowest BCUT2D eigenvalue weighted by molar-refractivity contribution is -0.129. The molecule has 5 rings (SSSR count). The highest BCUT2D eigenvalue weighted by Crippen LogP contribution is 2.28. The SMILES string of the molecule is CC(=O)N1CCN(c2cc(-c3ccccc3)nc(SCc3cccc(C(=O)N4CCCC4)c3)n2)CC1. The smallest absolute Gasteiger partial charge is 0.253 e. The lowest BCUT2D eigenvalue weighted by Crippen LogP contribution is -2.48. The van der Waals surface area contributed by atoms with Crippen molar-refractivity contribution < 1.29 is 9.59 Å². The molecule has 0 bridgehead atoms. The molecule has 2 amide bonds. The van der Waals surface area contributed by atoms with Crippen molar-refractivity contribution in [2.45, 2.75) is 30.7 Å². The van der Waals surface area contributed by atoms with Crippen molar-refractivity contribution in [2.24, 2.45) is 0 Å². The third-order valence-electron chi connectivity index (χ3n) is 6.75. The van der Waals surface area contributed by atoms with Crippen LogP contribution in [0.4, 0.5) is 5.82 Å². The highest BCUT2D eigenvalue weighted by atomic mass is 32.2. The van der Waals surface area contributed by atoms with Gasteiger partial charge in [0.05, 0.1) is 5.69 Å². The number of carbonyl (C=O) groups excluding carboxylic acids is 2. The number of hydrogen-bond donors (Lipinski definition) is 0. The van der Waals surface area contributed by atoms with Crippen LogP contribution in [0.15, 0.2) is 65.8 Å². The van der Waals surface area contributed by atoms with Crippen molar-refractivity contribution in [1.82, 2.24) is 19.8 Å². The van der Waals surface area contributed by atoms with Gasteiger partial charge in [0.2, 0.25) is 5.91 Å². The summed E-state index contributed by atoms with van der Waals surface area (Å²) in [6.45, 7) is 6.20. The second kappa shape index (κ2) is 11.1. The van der Waals surface area contributed by atoms with Crippen LogP contribution < -0.4 is 4.90 Å². The van der Waals surface area contributed by atoms with Crippen molar-refractivity contribution in [1.29, 1.82) is 0 Å². The highest BCUT2D eigenvalue weighted by molar-refractivity contribution is 7.98. The fourth-order valence-corrected chi connectivity index (χ4v) is 5.49. The van der Waals surface area contributed by atoms with Gasteiger partial charge in [0.15, 0.2) is 5.16 Å². The number of anilines is 1. The van der Waals surface area contributed by atoms with E-state index in [1.165, 1.54) is 0 Å². The van der Waals surface area contributed by atoms with Crippen LogP contribution in [-0.4, -0.2) is 70.9 Å². The number of rotatable bonds is 6. The summed E-state index contributed by atoms with van der Waals surface area (Å²) in [4.78, 5) is 40.4. The fourth-order valence-electron chi connectivity index (χ4n) is 4.69. The average molecular weight is 502 g/mol. The standard InChI is InChI=1S/C28H31N5O2S/c1-21(34)31-14-16-32(17-15-31)26-19-25(23-9-3-2-4-10-23)29-28(30-26)36-20-22-8-7-11-24(18-22)27(35)33-12-5-6-13-33/h2-4,7-11,18-19H,5-6,12-17,20H2,1H3. The van der Waals surface area contributed by atoms with E-state index in [4.69, 9.17) is 9.97 Å². The Bertz CT molecular complexity index is 1220. The summed E-state index contributed by atoms with van der Waals surface area (Å²) >= 11 is 1.58. The first kappa shape index (κ1) is 24.3. The number of piperazine rings is 1. The lowest BCUT2D eigenvalue weighted by Gasteiger charge is -2.35. The zero-order valence-electron chi connectivity index (χ0n) is 20.6. The van der Waals surface area contributed by atoms with Crippen molar-refractivity contribution in [3.63, 3.8) is 0 Å². The number of benzene rings is 2. The molecule has 3 heterocycles. The predicted molar refractivity (Wildman–Crippen MR) is 143 cm³/mol. The monoisotopic (exact) mass is 501 g/mol. The molecule has 0 radical (unpaired) electrons. The quantitative estimate of drug-likeness (QED) is 0.370. The number of amides is 2. The Labute approximate surface area is 216 Å².